The zero-order valence-corrected chi connectivity index (χ0v) is 10.1. The van der Waals surface area contributed by atoms with Gasteiger partial charge >= 0.3 is 71.1 Å². The molecule has 0 rings (SSSR count). The monoisotopic (exact) mass is 217 g/mol. The quantitative estimate of drug-likeness (QED) is 0.661. The number of rotatable bonds is 4. The van der Waals surface area contributed by atoms with Crippen molar-refractivity contribution >= 4 is 12.5 Å². The minimum absolute atomic E-state index is 1.15. The van der Waals surface area contributed by atoms with E-state index >= 15 is 0 Å². The van der Waals surface area contributed by atoms with Crippen LogP contribution in [0.15, 0.2) is 0 Å². The Labute approximate surface area is 71.4 Å². The Morgan fingerprint density at radius 1 is 0.909 bits per heavy atom. The summed E-state index contributed by atoms with van der Waals surface area (Å²) in [6.45, 7) is 8.80. The molecule has 0 saturated carbocycles. The zero-order chi connectivity index (χ0) is 8.98. The predicted molar refractivity (Wildman–Crippen MR) is 53.3 cm³/mol. The van der Waals surface area contributed by atoms with E-state index in [0.717, 1.165) is 20.8 Å². The number of nitriles is 1. The Morgan fingerprint density at radius 3 is 1.18 bits per heavy atom. The first-order chi connectivity index (χ1) is 5.12. The van der Waals surface area contributed by atoms with Gasteiger partial charge in [-0.25, -0.2) is 0 Å². The molecule has 0 bridgehead atoms. The first kappa shape index (κ1) is 11.0. The van der Waals surface area contributed by atoms with Gasteiger partial charge in [-0.1, -0.05) is 0 Å². The first-order valence-corrected chi connectivity index (χ1v) is 10.8. The van der Waals surface area contributed by atoms with Gasteiger partial charge in [-0.05, 0) is 0 Å². The number of nitrogens with zero attached hydrogens (tertiary/aromatic N) is 1. The van der Waals surface area contributed by atoms with Crippen molar-refractivity contribution in [2.24, 2.45) is 0 Å². The van der Waals surface area contributed by atoms with Crippen molar-refractivity contribution < 1.29 is 0 Å². The third-order valence-electron chi connectivity index (χ3n) is 3.60. The molecule has 0 aliphatic heterocycles. The fourth-order valence-corrected chi connectivity index (χ4v) is 8.44. The van der Waals surface area contributed by atoms with Crippen LogP contribution in [-0.4, -0.2) is 12.5 Å². The van der Waals surface area contributed by atoms with Crippen LogP contribution in [0.5, 0.6) is 0 Å². The standard InChI is InChI=1S/C9H20AsN/c1-5-10(6-2,7-3,8-4)9-11/h5-8H2,1-4H3. The minimum atomic E-state index is -2.42. The van der Waals surface area contributed by atoms with Crippen molar-refractivity contribution in [3.63, 3.8) is 0 Å². The van der Waals surface area contributed by atoms with Gasteiger partial charge in [-0.3, -0.25) is 0 Å². The molecule has 0 fully saturated rings. The summed E-state index contributed by atoms with van der Waals surface area (Å²) in [5, 5.41) is 13.9. The summed E-state index contributed by atoms with van der Waals surface area (Å²) in [7, 11) is 0. The molecular formula is C9H20AsN. The molecule has 0 spiro atoms. The molecular weight excluding hydrogens is 197 g/mol. The summed E-state index contributed by atoms with van der Waals surface area (Å²) in [5.41, 5.74) is 0. The van der Waals surface area contributed by atoms with Gasteiger partial charge in [0, 0.05) is 0 Å². The molecule has 0 atom stereocenters. The van der Waals surface area contributed by atoms with E-state index in [4.69, 9.17) is 0 Å². The van der Waals surface area contributed by atoms with Crippen LogP contribution in [0.1, 0.15) is 27.7 Å². The Morgan fingerprint density at radius 2 is 1.18 bits per heavy atom. The summed E-state index contributed by atoms with van der Waals surface area (Å²) in [6.07, 6.45) is 0. The molecule has 0 amide bonds. The van der Waals surface area contributed by atoms with Crippen molar-refractivity contribution in [1.82, 2.24) is 0 Å². The topological polar surface area (TPSA) is 23.8 Å². The SMILES string of the molecule is CC[As](C#N)(CC)(CC)CC. The van der Waals surface area contributed by atoms with E-state index in [-0.39, 0.29) is 0 Å². The van der Waals surface area contributed by atoms with E-state index in [1.54, 1.807) is 0 Å². The fraction of sp³-hybridized carbons (Fsp3) is 0.889. The predicted octanol–water partition coefficient (Wildman–Crippen LogP) is 3.53. The van der Waals surface area contributed by atoms with E-state index in [1.165, 1.54) is 0 Å². The van der Waals surface area contributed by atoms with Gasteiger partial charge in [0.1, 0.15) is 0 Å². The molecule has 0 N–H and O–H groups in total. The van der Waals surface area contributed by atoms with Gasteiger partial charge in [0.2, 0.25) is 0 Å². The van der Waals surface area contributed by atoms with Gasteiger partial charge in [0.25, 0.3) is 0 Å². The summed E-state index contributed by atoms with van der Waals surface area (Å²) in [6, 6.07) is 0. The molecule has 0 radical (unpaired) electrons. The average Bonchev–Trinajstić information content (AvgIpc) is 2.12. The number of hydrogen-bond donors (Lipinski definition) is 0. The maximum absolute atomic E-state index is 9.26. The fourth-order valence-electron chi connectivity index (χ4n) is 1.62. The summed E-state index contributed by atoms with van der Waals surface area (Å²) in [4.78, 5) is 2.71. The van der Waals surface area contributed by atoms with Crippen LogP contribution >= 0.6 is 0 Å². The van der Waals surface area contributed by atoms with Crippen molar-refractivity contribution in [1.29, 1.82) is 5.26 Å². The van der Waals surface area contributed by atoms with Crippen LogP contribution in [0.3, 0.4) is 0 Å². The molecule has 2 heteroatoms. The van der Waals surface area contributed by atoms with Crippen molar-refractivity contribution in [3.05, 3.63) is 0 Å². The second-order valence-corrected chi connectivity index (χ2v) is 17.3. The van der Waals surface area contributed by atoms with Crippen molar-refractivity contribution in [3.8, 4) is 4.86 Å². The van der Waals surface area contributed by atoms with Gasteiger partial charge in [-0.2, -0.15) is 0 Å². The van der Waals surface area contributed by atoms with Crippen LogP contribution in [0.4, 0.5) is 0 Å². The molecule has 11 heavy (non-hydrogen) atoms. The van der Waals surface area contributed by atoms with Crippen LogP contribution in [0.2, 0.25) is 20.8 Å². The molecule has 0 aliphatic rings. The average molecular weight is 217 g/mol. The zero-order valence-electron chi connectivity index (χ0n) is 8.22. The van der Waals surface area contributed by atoms with E-state index in [2.05, 4.69) is 32.6 Å². The second-order valence-electron chi connectivity index (χ2n) is 3.34. The van der Waals surface area contributed by atoms with Gasteiger partial charge in [-0.15, -0.1) is 0 Å². The Hall–Kier alpha value is 0.0484. The molecule has 0 aromatic rings. The summed E-state index contributed by atoms with van der Waals surface area (Å²) < 4.78 is 0. The van der Waals surface area contributed by atoms with Crippen LogP contribution in [0.25, 0.3) is 0 Å². The Balaban J connectivity index is 4.87. The number of hydrogen-bond acceptors (Lipinski definition) is 1. The third kappa shape index (κ3) is 1.62. The van der Waals surface area contributed by atoms with Crippen LogP contribution < -0.4 is 0 Å². The molecule has 0 aliphatic carbocycles. The molecule has 1 nitrogen and oxygen atoms in total. The molecule has 0 heterocycles. The van der Waals surface area contributed by atoms with Crippen molar-refractivity contribution in [2.45, 2.75) is 48.5 Å². The van der Waals surface area contributed by atoms with Crippen LogP contribution in [0, 0.1) is 10.1 Å². The van der Waals surface area contributed by atoms with Crippen LogP contribution in [-0.2, 0) is 0 Å². The Kier molecular flexibility index (Phi) is 3.65. The van der Waals surface area contributed by atoms with Gasteiger partial charge in [0.05, 0.1) is 0 Å². The molecule has 0 aromatic heterocycles. The maximum atomic E-state index is 9.26. The normalized spacial score (nSPS) is 15.0. The van der Waals surface area contributed by atoms with Gasteiger partial charge in [0.15, 0.2) is 0 Å². The van der Waals surface area contributed by atoms with E-state index in [0.29, 0.717) is 0 Å². The summed E-state index contributed by atoms with van der Waals surface area (Å²) >= 11 is -2.42. The second kappa shape index (κ2) is 3.63. The summed E-state index contributed by atoms with van der Waals surface area (Å²) in [5.74, 6) is 0. The molecule has 0 aromatic carbocycles. The van der Waals surface area contributed by atoms with E-state index < -0.39 is 12.5 Å². The first-order valence-electron chi connectivity index (χ1n) is 4.54. The molecule has 0 unspecified atom stereocenters. The van der Waals surface area contributed by atoms with E-state index in [1.807, 2.05) is 0 Å². The van der Waals surface area contributed by atoms with Crippen molar-refractivity contribution in [2.75, 3.05) is 0 Å². The van der Waals surface area contributed by atoms with Gasteiger partial charge < -0.3 is 0 Å². The Bertz CT molecular complexity index is 141. The molecule has 0 saturated heterocycles. The van der Waals surface area contributed by atoms with E-state index in [9.17, 15) is 5.26 Å². The molecule has 66 valence electrons. The third-order valence-corrected chi connectivity index (χ3v) is 18.7.